The van der Waals surface area contributed by atoms with Crippen molar-refractivity contribution in [3.05, 3.63) is 0 Å². The minimum Gasteiger partial charge on any atom is -0.444 e. The Morgan fingerprint density at radius 1 is 1.53 bits per heavy atom. The van der Waals surface area contributed by atoms with Gasteiger partial charge in [0.1, 0.15) is 5.60 Å². The molecule has 1 aliphatic rings. The molecule has 4 heteroatoms. The second-order valence-electron chi connectivity index (χ2n) is 5.12. The van der Waals surface area contributed by atoms with E-state index in [1.807, 2.05) is 32.6 Å². The SMILES string of the molecule is CC(S)C1CCCN1C(=O)OC(C)(C)C. The highest BCUT2D eigenvalue weighted by Gasteiger charge is 2.33. The summed E-state index contributed by atoms with van der Waals surface area (Å²) >= 11 is 4.41. The van der Waals surface area contributed by atoms with E-state index in [9.17, 15) is 4.79 Å². The lowest BCUT2D eigenvalue weighted by molar-refractivity contribution is 0.0228. The molecule has 88 valence electrons. The Kier molecular flexibility index (Phi) is 3.93. The predicted molar refractivity (Wildman–Crippen MR) is 64.4 cm³/mol. The van der Waals surface area contributed by atoms with Crippen molar-refractivity contribution in [1.29, 1.82) is 0 Å². The van der Waals surface area contributed by atoms with E-state index < -0.39 is 5.60 Å². The van der Waals surface area contributed by atoms with Gasteiger partial charge in [-0.3, -0.25) is 0 Å². The van der Waals surface area contributed by atoms with Crippen molar-refractivity contribution in [1.82, 2.24) is 4.90 Å². The van der Waals surface area contributed by atoms with E-state index in [1.54, 1.807) is 0 Å². The summed E-state index contributed by atoms with van der Waals surface area (Å²) in [5.74, 6) is 0. The largest absolute Gasteiger partial charge is 0.444 e. The molecule has 2 atom stereocenters. The summed E-state index contributed by atoms with van der Waals surface area (Å²) in [5, 5.41) is 0.208. The number of hydrogen-bond acceptors (Lipinski definition) is 3. The van der Waals surface area contributed by atoms with Gasteiger partial charge in [0.15, 0.2) is 0 Å². The normalized spacial score (nSPS) is 24.1. The van der Waals surface area contributed by atoms with Crippen LogP contribution in [0.3, 0.4) is 0 Å². The van der Waals surface area contributed by atoms with E-state index in [4.69, 9.17) is 4.74 Å². The molecule has 0 saturated carbocycles. The standard InChI is InChI=1S/C11H21NO2S/c1-8(15)9-6-5-7-12(9)10(13)14-11(2,3)4/h8-9,15H,5-7H2,1-4H3. The van der Waals surface area contributed by atoms with E-state index in [-0.39, 0.29) is 17.4 Å². The van der Waals surface area contributed by atoms with E-state index >= 15 is 0 Å². The molecule has 0 aromatic carbocycles. The van der Waals surface area contributed by atoms with Gasteiger partial charge in [-0.1, -0.05) is 6.92 Å². The number of carbonyl (C=O) groups excluding carboxylic acids is 1. The Morgan fingerprint density at radius 2 is 2.13 bits per heavy atom. The fourth-order valence-electron chi connectivity index (χ4n) is 1.84. The average Bonchev–Trinajstić information content (AvgIpc) is 2.47. The summed E-state index contributed by atoms with van der Waals surface area (Å²) in [4.78, 5) is 13.7. The van der Waals surface area contributed by atoms with Gasteiger partial charge in [-0.25, -0.2) is 4.79 Å². The van der Waals surface area contributed by atoms with Gasteiger partial charge < -0.3 is 9.64 Å². The van der Waals surface area contributed by atoms with Crippen molar-refractivity contribution < 1.29 is 9.53 Å². The maximum absolute atomic E-state index is 11.8. The van der Waals surface area contributed by atoms with Crippen LogP contribution in [0.1, 0.15) is 40.5 Å². The van der Waals surface area contributed by atoms with Crippen LogP contribution < -0.4 is 0 Å². The molecule has 1 saturated heterocycles. The Balaban J connectivity index is 2.59. The highest BCUT2D eigenvalue weighted by molar-refractivity contribution is 7.81. The fraction of sp³-hybridized carbons (Fsp3) is 0.909. The molecule has 1 rings (SSSR count). The van der Waals surface area contributed by atoms with Gasteiger partial charge in [0.2, 0.25) is 0 Å². The summed E-state index contributed by atoms with van der Waals surface area (Å²) in [6.45, 7) is 8.49. The van der Waals surface area contributed by atoms with Crippen LogP contribution in [0.2, 0.25) is 0 Å². The van der Waals surface area contributed by atoms with Gasteiger partial charge >= 0.3 is 6.09 Å². The number of carbonyl (C=O) groups is 1. The molecule has 0 aromatic rings. The fourth-order valence-corrected chi connectivity index (χ4v) is 2.15. The minimum atomic E-state index is -0.413. The third-order valence-corrected chi connectivity index (χ3v) is 2.83. The molecule has 1 amide bonds. The molecule has 15 heavy (non-hydrogen) atoms. The lowest BCUT2D eigenvalue weighted by atomic mass is 10.1. The lowest BCUT2D eigenvalue weighted by Gasteiger charge is -2.30. The topological polar surface area (TPSA) is 29.5 Å². The smallest absolute Gasteiger partial charge is 0.410 e. The summed E-state index contributed by atoms with van der Waals surface area (Å²) < 4.78 is 5.36. The van der Waals surface area contributed by atoms with E-state index in [0.29, 0.717) is 0 Å². The molecule has 0 bridgehead atoms. The maximum Gasteiger partial charge on any atom is 0.410 e. The van der Waals surface area contributed by atoms with E-state index in [1.165, 1.54) is 0 Å². The summed E-state index contributed by atoms with van der Waals surface area (Å²) in [7, 11) is 0. The number of hydrogen-bond donors (Lipinski definition) is 1. The van der Waals surface area contributed by atoms with Gasteiger partial charge in [-0.15, -0.1) is 0 Å². The zero-order valence-electron chi connectivity index (χ0n) is 9.99. The van der Waals surface area contributed by atoms with Crippen LogP contribution in [0.5, 0.6) is 0 Å². The number of rotatable bonds is 1. The van der Waals surface area contributed by atoms with Crippen LogP contribution in [0.25, 0.3) is 0 Å². The molecule has 1 heterocycles. The van der Waals surface area contributed by atoms with Gasteiger partial charge in [0.25, 0.3) is 0 Å². The first-order chi connectivity index (χ1) is 6.81. The molecule has 0 radical (unpaired) electrons. The molecule has 0 aromatic heterocycles. The Morgan fingerprint density at radius 3 is 2.60 bits per heavy atom. The third kappa shape index (κ3) is 3.59. The van der Waals surface area contributed by atoms with E-state index in [0.717, 1.165) is 19.4 Å². The maximum atomic E-state index is 11.8. The number of ether oxygens (including phenoxy) is 1. The molecule has 1 fully saturated rings. The Labute approximate surface area is 97.6 Å². The van der Waals surface area contributed by atoms with Crippen molar-refractivity contribution >= 4 is 18.7 Å². The van der Waals surface area contributed by atoms with Crippen LogP contribution in [0, 0.1) is 0 Å². The molecule has 3 nitrogen and oxygen atoms in total. The molecular formula is C11H21NO2S. The minimum absolute atomic E-state index is 0.203. The quantitative estimate of drug-likeness (QED) is 0.703. The molecule has 0 spiro atoms. The molecule has 0 aliphatic carbocycles. The van der Waals surface area contributed by atoms with Crippen LogP contribution >= 0.6 is 12.6 Å². The first-order valence-corrected chi connectivity index (χ1v) is 6.00. The lowest BCUT2D eigenvalue weighted by Crippen LogP contribution is -2.42. The number of thiol groups is 1. The molecule has 0 N–H and O–H groups in total. The zero-order chi connectivity index (χ0) is 11.6. The highest BCUT2D eigenvalue weighted by Crippen LogP contribution is 2.24. The van der Waals surface area contributed by atoms with Gasteiger partial charge in [-0.2, -0.15) is 12.6 Å². The third-order valence-electron chi connectivity index (χ3n) is 2.48. The van der Waals surface area contributed by atoms with Gasteiger partial charge in [0.05, 0.1) is 0 Å². The predicted octanol–water partition coefficient (Wildman–Crippen LogP) is 2.70. The zero-order valence-corrected chi connectivity index (χ0v) is 10.9. The average molecular weight is 231 g/mol. The number of nitrogens with zero attached hydrogens (tertiary/aromatic N) is 1. The number of likely N-dealkylation sites (tertiary alicyclic amines) is 1. The van der Waals surface area contributed by atoms with Crippen molar-refractivity contribution in [2.24, 2.45) is 0 Å². The molecular weight excluding hydrogens is 210 g/mol. The van der Waals surface area contributed by atoms with Gasteiger partial charge in [0, 0.05) is 17.8 Å². The molecule has 1 aliphatic heterocycles. The van der Waals surface area contributed by atoms with Crippen molar-refractivity contribution in [2.75, 3.05) is 6.54 Å². The number of amides is 1. The second kappa shape index (κ2) is 4.64. The van der Waals surface area contributed by atoms with Crippen LogP contribution in [-0.4, -0.2) is 34.4 Å². The monoisotopic (exact) mass is 231 g/mol. The first-order valence-electron chi connectivity index (χ1n) is 5.49. The van der Waals surface area contributed by atoms with Crippen molar-refractivity contribution in [2.45, 2.75) is 57.4 Å². The molecule has 2 unspecified atom stereocenters. The Hall–Kier alpha value is -0.380. The van der Waals surface area contributed by atoms with Crippen molar-refractivity contribution in [3.8, 4) is 0 Å². The van der Waals surface area contributed by atoms with Crippen LogP contribution in [0.4, 0.5) is 4.79 Å². The second-order valence-corrected chi connectivity index (χ2v) is 5.94. The van der Waals surface area contributed by atoms with Crippen LogP contribution in [-0.2, 0) is 4.74 Å². The Bertz CT molecular complexity index is 235. The highest BCUT2D eigenvalue weighted by atomic mass is 32.1. The summed E-state index contributed by atoms with van der Waals surface area (Å²) in [6.07, 6.45) is 1.88. The summed E-state index contributed by atoms with van der Waals surface area (Å²) in [6, 6.07) is 0.225. The van der Waals surface area contributed by atoms with E-state index in [2.05, 4.69) is 12.6 Å². The first kappa shape index (κ1) is 12.7. The van der Waals surface area contributed by atoms with Gasteiger partial charge in [-0.05, 0) is 33.6 Å². The van der Waals surface area contributed by atoms with Crippen molar-refractivity contribution in [3.63, 3.8) is 0 Å². The van der Waals surface area contributed by atoms with Crippen LogP contribution in [0.15, 0.2) is 0 Å². The summed E-state index contributed by atoms with van der Waals surface area (Å²) in [5.41, 5.74) is -0.413.